The molecular weight excluding hydrogens is 242 g/mol. The fourth-order valence-electron chi connectivity index (χ4n) is 1.44. The highest BCUT2D eigenvalue weighted by molar-refractivity contribution is 5.97. The summed E-state index contributed by atoms with van der Waals surface area (Å²) < 4.78 is 0. The Hall–Kier alpha value is -2.00. The minimum Gasteiger partial charge on any atom is -0.394 e. The number of aromatic nitrogens is 2. The number of likely N-dealkylation sites (N-methyl/N-ethyl adjacent to an activating group) is 1. The second kappa shape index (κ2) is 6.07. The van der Waals surface area contributed by atoms with Crippen LogP contribution in [-0.2, 0) is 0 Å². The predicted molar refractivity (Wildman–Crippen MR) is 62.1 cm³/mol. The first-order valence-corrected chi connectivity index (χ1v) is 5.20. The highest BCUT2D eigenvalue weighted by Crippen LogP contribution is 2.13. The van der Waals surface area contributed by atoms with E-state index in [0.717, 1.165) is 6.20 Å². The molecule has 0 bridgehead atoms. The zero-order chi connectivity index (χ0) is 13.7. The van der Waals surface area contributed by atoms with Crippen LogP contribution in [0.25, 0.3) is 0 Å². The van der Waals surface area contributed by atoms with E-state index in [2.05, 4.69) is 15.5 Å². The third-order valence-electron chi connectivity index (χ3n) is 2.19. The van der Waals surface area contributed by atoms with Crippen LogP contribution in [0.2, 0.25) is 0 Å². The van der Waals surface area contributed by atoms with E-state index in [9.17, 15) is 14.9 Å². The van der Waals surface area contributed by atoms with Gasteiger partial charge in [-0.15, -0.1) is 5.10 Å². The van der Waals surface area contributed by atoms with Gasteiger partial charge >= 0.3 is 5.82 Å². The first kappa shape index (κ1) is 14.1. The summed E-state index contributed by atoms with van der Waals surface area (Å²) in [5.74, 6) is -1.11. The standard InChI is InChI=1S/C9H15N5O4/c1-13(2)4-6(5-15)11-9(16)7-3-10-12-8(7)14(17)18/h3,6,15H,4-5H2,1-2H3,(H,10,12)(H,11,16). The van der Waals surface area contributed by atoms with Gasteiger partial charge in [0.05, 0.1) is 18.8 Å². The van der Waals surface area contributed by atoms with E-state index < -0.39 is 22.7 Å². The molecule has 0 radical (unpaired) electrons. The summed E-state index contributed by atoms with van der Waals surface area (Å²) in [5, 5.41) is 27.8. The van der Waals surface area contributed by atoms with E-state index in [1.807, 2.05) is 0 Å². The molecule has 1 unspecified atom stereocenters. The van der Waals surface area contributed by atoms with Gasteiger partial charge in [-0.3, -0.25) is 4.79 Å². The van der Waals surface area contributed by atoms with Crippen molar-refractivity contribution in [2.75, 3.05) is 27.2 Å². The van der Waals surface area contributed by atoms with Gasteiger partial charge in [0.1, 0.15) is 0 Å². The van der Waals surface area contributed by atoms with Crippen molar-refractivity contribution in [3.63, 3.8) is 0 Å². The molecule has 9 heteroatoms. The van der Waals surface area contributed by atoms with E-state index in [1.54, 1.807) is 19.0 Å². The predicted octanol–water partition coefficient (Wildman–Crippen LogP) is -1.03. The maximum absolute atomic E-state index is 11.8. The van der Waals surface area contributed by atoms with Crippen molar-refractivity contribution >= 4 is 11.7 Å². The van der Waals surface area contributed by atoms with Crippen LogP contribution >= 0.6 is 0 Å². The molecule has 1 amide bonds. The number of nitrogens with one attached hydrogen (secondary N) is 2. The number of nitro groups is 1. The Labute approximate surface area is 103 Å². The van der Waals surface area contributed by atoms with Gasteiger partial charge < -0.3 is 25.4 Å². The summed E-state index contributed by atoms with van der Waals surface area (Å²) in [6.45, 7) is 0.170. The van der Waals surface area contributed by atoms with E-state index in [-0.39, 0.29) is 12.2 Å². The monoisotopic (exact) mass is 257 g/mol. The van der Waals surface area contributed by atoms with Gasteiger partial charge in [-0.25, -0.2) is 0 Å². The first-order valence-electron chi connectivity index (χ1n) is 5.20. The number of carbonyl (C=O) groups is 1. The number of aliphatic hydroxyl groups excluding tert-OH is 1. The lowest BCUT2D eigenvalue weighted by molar-refractivity contribution is -0.389. The SMILES string of the molecule is CN(C)CC(CO)NC(=O)c1cn[nH]c1[N+](=O)[O-]. The average molecular weight is 257 g/mol. The lowest BCUT2D eigenvalue weighted by Crippen LogP contribution is -2.44. The molecule has 1 rings (SSSR count). The maximum Gasteiger partial charge on any atom is 0.355 e. The van der Waals surface area contributed by atoms with Crippen LogP contribution < -0.4 is 5.32 Å². The Morgan fingerprint density at radius 2 is 2.39 bits per heavy atom. The smallest absolute Gasteiger partial charge is 0.355 e. The molecule has 0 fully saturated rings. The van der Waals surface area contributed by atoms with Crippen molar-refractivity contribution < 1.29 is 14.8 Å². The first-order chi connectivity index (χ1) is 8.45. The third-order valence-corrected chi connectivity index (χ3v) is 2.19. The van der Waals surface area contributed by atoms with Crippen molar-refractivity contribution in [3.05, 3.63) is 21.9 Å². The molecular formula is C9H15N5O4. The Morgan fingerprint density at radius 3 is 2.89 bits per heavy atom. The number of amides is 1. The number of hydrogen-bond donors (Lipinski definition) is 3. The molecule has 1 aromatic rings. The lowest BCUT2D eigenvalue weighted by Gasteiger charge is -2.19. The lowest BCUT2D eigenvalue weighted by atomic mass is 10.2. The van der Waals surface area contributed by atoms with E-state index >= 15 is 0 Å². The maximum atomic E-state index is 11.8. The quantitative estimate of drug-likeness (QED) is 0.442. The number of H-pyrrole nitrogens is 1. The van der Waals surface area contributed by atoms with Crippen molar-refractivity contribution in [2.24, 2.45) is 0 Å². The van der Waals surface area contributed by atoms with Crippen molar-refractivity contribution in [2.45, 2.75) is 6.04 Å². The summed E-state index contributed by atoms with van der Waals surface area (Å²) in [4.78, 5) is 23.5. The van der Waals surface area contributed by atoms with Crippen LogP contribution in [0.15, 0.2) is 6.20 Å². The molecule has 0 aliphatic heterocycles. The molecule has 9 nitrogen and oxygen atoms in total. The molecule has 0 saturated heterocycles. The van der Waals surface area contributed by atoms with Gasteiger partial charge in [0.15, 0.2) is 5.56 Å². The largest absolute Gasteiger partial charge is 0.394 e. The van der Waals surface area contributed by atoms with Gasteiger partial charge in [0, 0.05) is 6.54 Å². The summed E-state index contributed by atoms with van der Waals surface area (Å²) in [6, 6.07) is -0.498. The highest BCUT2D eigenvalue weighted by atomic mass is 16.6. The Balaban J connectivity index is 2.75. The van der Waals surface area contributed by atoms with E-state index in [1.165, 1.54) is 0 Å². The Morgan fingerprint density at radius 1 is 1.72 bits per heavy atom. The summed E-state index contributed by atoms with van der Waals surface area (Å²) in [7, 11) is 3.57. The van der Waals surface area contributed by atoms with Crippen molar-refractivity contribution in [1.82, 2.24) is 20.4 Å². The molecule has 1 heterocycles. The van der Waals surface area contributed by atoms with E-state index in [0.29, 0.717) is 6.54 Å². The molecule has 0 aliphatic rings. The van der Waals surface area contributed by atoms with Crippen LogP contribution in [0, 0.1) is 10.1 Å². The summed E-state index contributed by atoms with van der Waals surface area (Å²) in [6.07, 6.45) is 1.08. The van der Waals surface area contributed by atoms with Gasteiger partial charge in [-0.1, -0.05) is 5.10 Å². The topological polar surface area (TPSA) is 124 Å². The molecule has 0 aromatic carbocycles. The normalized spacial score (nSPS) is 12.4. The number of aliphatic hydroxyl groups is 1. The fourth-order valence-corrected chi connectivity index (χ4v) is 1.44. The molecule has 0 aliphatic carbocycles. The molecule has 0 spiro atoms. The molecule has 0 saturated carbocycles. The summed E-state index contributed by atoms with van der Waals surface area (Å²) in [5.41, 5.74) is -0.155. The average Bonchev–Trinajstić information content (AvgIpc) is 2.76. The highest BCUT2D eigenvalue weighted by Gasteiger charge is 2.23. The molecule has 1 atom stereocenters. The van der Waals surface area contributed by atoms with Crippen molar-refractivity contribution in [3.8, 4) is 0 Å². The second-order valence-electron chi connectivity index (χ2n) is 4.00. The zero-order valence-corrected chi connectivity index (χ0v) is 10.1. The van der Waals surface area contributed by atoms with Gasteiger partial charge in [-0.05, 0) is 19.0 Å². The van der Waals surface area contributed by atoms with Crippen LogP contribution in [-0.4, -0.2) is 64.3 Å². The molecule has 100 valence electrons. The number of carbonyl (C=O) groups excluding carboxylic acids is 1. The van der Waals surface area contributed by atoms with Crippen LogP contribution in [0.1, 0.15) is 10.4 Å². The minimum absolute atomic E-state index is 0.155. The molecule has 18 heavy (non-hydrogen) atoms. The van der Waals surface area contributed by atoms with E-state index in [4.69, 9.17) is 5.11 Å². The molecule has 3 N–H and O–H groups in total. The minimum atomic E-state index is -0.720. The number of aromatic amines is 1. The van der Waals surface area contributed by atoms with Gasteiger partial charge in [-0.2, -0.15) is 0 Å². The number of nitrogens with zero attached hydrogens (tertiary/aromatic N) is 3. The van der Waals surface area contributed by atoms with Crippen molar-refractivity contribution in [1.29, 1.82) is 0 Å². The third kappa shape index (κ3) is 3.50. The number of rotatable bonds is 6. The fraction of sp³-hybridized carbons (Fsp3) is 0.556. The van der Waals surface area contributed by atoms with Crippen LogP contribution in [0.3, 0.4) is 0 Å². The second-order valence-corrected chi connectivity index (χ2v) is 4.00. The summed E-state index contributed by atoms with van der Waals surface area (Å²) >= 11 is 0. The van der Waals surface area contributed by atoms with Crippen LogP contribution in [0.5, 0.6) is 0 Å². The van der Waals surface area contributed by atoms with Crippen LogP contribution in [0.4, 0.5) is 5.82 Å². The van der Waals surface area contributed by atoms with Gasteiger partial charge in [0.2, 0.25) is 0 Å². The zero-order valence-electron chi connectivity index (χ0n) is 10.1. The molecule has 1 aromatic heterocycles. The number of hydrogen-bond acceptors (Lipinski definition) is 6. The Bertz CT molecular complexity index is 430. The Kier molecular flexibility index (Phi) is 4.75. The van der Waals surface area contributed by atoms with Gasteiger partial charge in [0.25, 0.3) is 5.91 Å².